The Morgan fingerprint density at radius 3 is 2.00 bits per heavy atom. The Labute approximate surface area is 81.7 Å². The highest BCUT2D eigenvalue weighted by Crippen LogP contribution is 2.21. The number of hydrogen-bond donors (Lipinski definition) is 0. The molecular weight excluding hydrogens is 162 g/mol. The maximum atomic E-state index is 4.83. The molecule has 0 aromatic carbocycles. The van der Waals surface area contributed by atoms with Gasteiger partial charge in [-0.15, -0.1) is 0 Å². The van der Waals surface area contributed by atoms with Crippen molar-refractivity contribution in [1.82, 2.24) is 0 Å². The van der Waals surface area contributed by atoms with Crippen molar-refractivity contribution in [3.8, 4) is 0 Å². The molecule has 0 radical (unpaired) electrons. The van der Waals surface area contributed by atoms with E-state index in [1.54, 1.807) is 7.11 Å². The number of methoxy groups -OCH3 is 1. The molecule has 0 aliphatic carbocycles. The first-order valence-corrected chi connectivity index (χ1v) is 4.76. The van der Waals surface area contributed by atoms with Crippen LogP contribution < -0.4 is 0 Å². The lowest BCUT2D eigenvalue weighted by Crippen LogP contribution is -2.01. The van der Waals surface area contributed by atoms with E-state index in [2.05, 4.69) is 39.6 Å². The van der Waals surface area contributed by atoms with Crippen LogP contribution in [0.4, 0.5) is 0 Å². The van der Waals surface area contributed by atoms with E-state index in [1.165, 1.54) is 12.0 Å². The van der Waals surface area contributed by atoms with Gasteiger partial charge in [0.25, 0.3) is 0 Å². The van der Waals surface area contributed by atoms with E-state index < -0.39 is 0 Å². The Hall–Kier alpha value is -0.790. The van der Waals surface area contributed by atoms with Crippen molar-refractivity contribution in [2.24, 2.45) is 16.8 Å². The molecule has 0 saturated heterocycles. The minimum absolute atomic E-state index is 0.453. The Bertz CT molecular complexity index is 202. The number of aliphatic imine (C=N–C) groups is 1. The molecule has 0 atom stereocenters. The molecule has 0 aromatic rings. The fraction of sp³-hybridized carbons (Fsp3) is 0.727. The van der Waals surface area contributed by atoms with Gasteiger partial charge >= 0.3 is 0 Å². The molecule has 2 heteroatoms. The van der Waals surface area contributed by atoms with E-state index in [0.29, 0.717) is 11.8 Å². The van der Waals surface area contributed by atoms with Gasteiger partial charge in [0.15, 0.2) is 6.40 Å². The van der Waals surface area contributed by atoms with Crippen LogP contribution in [0.25, 0.3) is 0 Å². The van der Waals surface area contributed by atoms with Crippen LogP contribution in [0.5, 0.6) is 0 Å². The third-order valence-corrected chi connectivity index (χ3v) is 2.11. The molecule has 0 aliphatic heterocycles. The van der Waals surface area contributed by atoms with Crippen molar-refractivity contribution in [2.45, 2.75) is 34.6 Å². The molecule has 0 spiro atoms. The molecule has 0 aromatic heterocycles. The summed E-state index contributed by atoms with van der Waals surface area (Å²) in [5, 5.41) is 0. The van der Waals surface area contributed by atoms with Gasteiger partial charge in [-0.3, -0.25) is 0 Å². The van der Waals surface area contributed by atoms with Crippen LogP contribution >= 0.6 is 0 Å². The first-order valence-electron chi connectivity index (χ1n) is 4.76. The Kier molecular flexibility index (Phi) is 5.44. The highest BCUT2D eigenvalue weighted by molar-refractivity contribution is 5.49. The minimum atomic E-state index is 0.453. The average molecular weight is 183 g/mol. The largest absolute Gasteiger partial charge is 0.486 e. The molecule has 2 nitrogen and oxygen atoms in total. The van der Waals surface area contributed by atoms with Crippen LogP contribution in [0.1, 0.15) is 34.6 Å². The second-order valence-electron chi connectivity index (χ2n) is 3.85. The summed E-state index contributed by atoms with van der Waals surface area (Å²) >= 11 is 0. The minimum Gasteiger partial charge on any atom is -0.486 e. The van der Waals surface area contributed by atoms with Gasteiger partial charge in [-0.05, 0) is 24.3 Å². The maximum Gasteiger partial charge on any atom is 0.173 e. The second kappa shape index (κ2) is 5.79. The van der Waals surface area contributed by atoms with Crippen LogP contribution in [0, 0.1) is 11.8 Å². The number of rotatable bonds is 4. The van der Waals surface area contributed by atoms with Gasteiger partial charge in [0.05, 0.1) is 7.11 Å². The van der Waals surface area contributed by atoms with E-state index in [0.717, 1.165) is 5.70 Å². The fourth-order valence-corrected chi connectivity index (χ4v) is 1.11. The van der Waals surface area contributed by atoms with Crippen LogP contribution in [-0.2, 0) is 4.74 Å². The van der Waals surface area contributed by atoms with Crippen LogP contribution in [0.15, 0.2) is 16.3 Å². The molecule has 0 fully saturated rings. The van der Waals surface area contributed by atoms with Crippen LogP contribution in [0.2, 0.25) is 0 Å². The quantitative estimate of drug-likeness (QED) is 0.484. The summed E-state index contributed by atoms with van der Waals surface area (Å²) in [5.74, 6) is 1.00. The number of allylic oxidation sites excluding steroid dienone is 2. The first kappa shape index (κ1) is 12.2. The van der Waals surface area contributed by atoms with Crippen LogP contribution in [-0.4, -0.2) is 13.5 Å². The predicted molar refractivity (Wildman–Crippen MR) is 57.9 cm³/mol. The molecule has 0 N–H and O–H groups in total. The molecule has 0 bridgehead atoms. The van der Waals surface area contributed by atoms with E-state index in [1.807, 2.05) is 0 Å². The smallest absolute Gasteiger partial charge is 0.173 e. The lowest BCUT2D eigenvalue weighted by molar-refractivity contribution is 0.421. The van der Waals surface area contributed by atoms with Gasteiger partial charge in [0.1, 0.15) is 0 Å². The Balaban J connectivity index is 4.78. The third-order valence-electron chi connectivity index (χ3n) is 2.11. The van der Waals surface area contributed by atoms with Crippen molar-refractivity contribution >= 4 is 6.40 Å². The third kappa shape index (κ3) is 4.11. The molecule has 0 aliphatic rings. The number of ether oxygens (including phenoxy) is 1. The lowest BCUT2D eigenvalue weighted by atomic mass is 9.97. The van der Waals surface area contributed by atoms with Gasteiger partial charge < -0.3 is 4.74 Å². The second-order valence-corrected chi connectivity index (χ2v) is 3.85. The Morgan fingerprint density at radius 2 is 1.69 bits per heavy atom. The average Bonchev–Trinajstić information content (AvgIpc) is 2.04. The molecule has 13 heavy (non-hydrogen) atoms. The summed E-state index contributed by atoms with van der Waals surface area (Å²) in [4.78, 5) is 4.30. The van der Waals surface area contributed by atoms with Gasteiger partial charge in [0, 0.05) is 5.70 Å². The van der Waals surface area contributed by atoms with Crippen LogP contribution in [0.3, 0.4) is 0 Å². The molecule has 0 amide bonds. The molecule has 76 valence electrons. The fourth-order valence-electron chi connectivity index (χ4n) is 1.11. The lowest BCUT2D eigenvalue weighted by Gasteiger charge is -2.13. The molecule has 0 unspecified atom stereocenters. The Morgan fingerprint density at radius 1 is 1.15 bits per heavy atom. The SMILES string of the molecule is CO/C=N\C(=C(/C)C(C)C)C(C)C. The summed E-state index contributed by atoms with van der Waals surface area (Å²) < 4.78 is 4.83. The zero-order valence-electron chi connectivity index (χ0n) is 9.59. The van der Waals surface area contributed by atoms with Gasteiger partial charge in [-0.1, -0.05) is 27.7 Å². The topological polar surface area (TPSA) is 21.6 Å². The standard InChI is InChI=1S/C11H21NO/c1-8(2)10(5)11(9(3)4)12-7-13-6/h7-9H,1-6H3/b11-10+,12-7-. The zero-order chi connectivity index (χ0) is 10.4. The van der Waals surface area contributed by atoms with E-state index in [9.17, 15) is 0 Å². The molecular formula is C11H21NO. The maximum absolute atomic E-state index is 4.83. The van der Waals surface area contributed by atoms with E-state index in [-0.39, 0.29) is 0 Å². The highest BCUT2D eigenvalue weighted by atomic mass is 16.5. The molecule has 0 heterocycles. The van der Waals surface area contributed by atoms with Gasteiger partial charge in [0.2, 0.25) is 0 Å². The van der Waals surface area contributed by atoms with E-state index in [4.69, 9.17) is 4.74 Å². The summed E-state index contributed by atoms with van der Waals surface area (Å²) in [6.45, 7) is 10.8. The van der Waals surface area contributed by atoms with Crippen molar-refractivity contribution in [3.63, 3.8) is 0 Å². The van der Waals surface area contributed by atoms with Crippen molar-refractivity contribution in [2.75, 3.05) is 7.11 Å². The normalized spacial score (nSPS) is 14.2. The van der Waals surface area contributed by atoms with Gasteiger partial charge in [-0.25, -0.2) is 4.99 Å². The monoisotopic (exact) mass is 183 g/mol. The van der Waals surface area contributed by atoms with Crippen molar-refractivity contribution < 1.29 is 4.74 Å². The van der Waals surface area contributed by atoms with E-state index >= 15 is 0 Å². The first-order chi connectivity index (χ1) is 6.00. The predicted octanol–water partition coefficient (Wildman–Crippen LogP) is 3.25. The number of hydrogen-bond acceptors (Lipinski definition) is 2. The van der Waals surface area contributed by atoms with Crippen molar-refractivity contribution in [3.05, 3.63) is 11.3 Å². The summed E-state index contributed by atoms with van der Waals surface area (Å²) in [6, 6.07) is 0. The summed E-state index contributed by atoms with van der Waals surface area (Å²) in [6.07, 6.45) is 1.50. The zero-order valence-corrected chi connectivity index (χ0v) is 9.59. The highest BCUT2D eigenvalue weighted by Gasteiger charge is 2.08. The van der Waals surface area contributed by atoms with Gasteiger partial charge in [-0.2, -0.15) is 0 Å². The van der Waals surface area contributed by atoms with Crippen molar-refractivity contribution in [1.29, 1.82) is 0 Å². The summed E-state index contributed by atoms with van der Waals surface area (Å²) in [7, 11) is 1.62. The molecule has 0 rings (SSSR count). The summed E-state index contributed by atoms with van der Waals surface area (Å²) in [5.41, 5.74) is 2.47. The number of nitrogens with zero attached hydrogens (tertiary/aromatic N) is 1. The molecule has 0 saturated carbocycles.